The van der Waals surface area contributed by atoms with Crippen LogP contribution >= 0.6 is 11.3 Å². The molecule has 1 atom stereocenters. The van der Waals surface area contributed by atoms with Crippen molar-refractivity contribution in [2.24, 2.45) is 0 Å². The molecule has 1 fully saturated rings. The Morgan fingerprint density at radius 1 is 1.47 bits per heavy atom. The van der Waals surface area contributed by atoms with E-state index in [2.05, 4.69) is 17.2 Å². The standard InChI is InChI=1S/C14H23N3OS/c1-3-13-16-10-12(19-13)9-15-11(2)14(18)17-7-5-4-6-8-17/h10-11,15H,3-9H2,1-2H3. The zero-order valence-corrected chi connectivity index (χ0v) is 12.6. The average Bonchev–Trinajstić information content (AvgIpc) is 2.93. The number of hydrogen-bond acceptors (Lipinski definition) is 4. The number of aryl methyl sites for hydroxylation is 1. The second kappa shape index (κ2) is 7.01. The van der Waals surface area contributed by atoms with Gasteiger partial charge in [0.1, 0.15) is 0 Å². The molecule has 1 aliphatic heterocycles. The number of amides is 1. The number of nitrogens with zero attached hydrogens (tertiary/aromatic N) is 2. The van der Waals surface area contributed by atoms with Crippen LogP contribution in [0.1, 0.15) is 43.0 Å². The number of carbonyl (C=O) groups excluding carboxylic acids is 1. The number of nitrogens with one attached hydrogen (secondary N) is 1. The number of aromatic nitrogens is 1. The third kappa shape index (κ3) is 4.01. The van der Waals surface area contributed by atoms with Crippen LogP contribution in [-0.2, 0) is 17.8 Å². The average molecular weight is 281 g/mol. The van der Waals surface area contributed by atoms with E-state index in [-0.39, 0.29) is 11.9 Å². The lowest BCUT2D eigenvalue weighted by Gasteiger charge is -2.29. The minimum Gasteiger partial charge on any atom is -0.341 e. The molecule has 1 saturated heterocycles. The third-order valence-corrected chi connectivity index (χ3v) is 4.67. The molecule has 5 heteroatoms. The summed E-state index contributed by atoms with van der Waals surface area (Å²) in [6, 6.07) is -0.106. The van der Waals surface area contributed by atoms with Crippen LogP contribution in [0.5, 0.6) is 0 Å². The smallest absolute Gasteiger partial charge is 0.239 e. The molecular formula is C14H23N3OS. The van der Waals surface area contributed by atoms with Gasteiger partial charge in [-0.15, -0.1) is 11.3 Å². The Bertz CT molecular complexity index is 413. The Balaban J connectivity index is 1.79. The third-order valence-electron chi connectivity index (χ3n) is 3.52. The topological polar surface area (TPSA) is 45.2 Å². The predicted octanol–water partition coefficient (Wildman–Crippen LogP) is 2.20. The van der Waals surface area contributed by atoms with Gasteiger partial charge < -0.3 is 10.2 Å². The Morgan fingerprint density at radius 2 is 2.21 bits per heavy atom. The number of thiazole rings is 1. The highest BCUT2D eigenvalue weighted by Gasteiger charge is 2.21. The summed E-state index contributed by atoms with van der Waals surface area (Å²) in [5.41, 5.74) is 0. The van der Waals surface area contributed by atoms with E-state index >= 15 is 0 Å². The largest absolute Gasteiger partial charge is 0.341 e. The Morgan fingerprint density at radius 3 is 2.84 bits per heavy atom. The fourth-order valence-electron chi connectivity index (χ4n) is 2.32. The van der Waals surface area contributed by atoms with Gasteiger partial charge in [0.25, 0.3) is 0 Å². The number of likely N-dealkylation sites (tertiary alicyclic amines) is 1. The van der Waals surface area contributed by atoms with Crippen LogP contribution in [-0.4, -0.2) is 34.9 Å². The van der Waals surface area contributed by atoms with Crippen LogP contribution < -0.4 is 5.32 Å². The molecule has 0 aromatic carbocycles. The van der Waals surface area contributed by atoms with Crippen LogP contribution in [0, 0.1) is 0 Å². The maximum atomic E-state index is 12.2. The summed E-state index contributed by atoms with van der Waals surface area (Å²) in [4.78, 5) is 19.8. The summed E-state index contributed by atoms with van der Waals surface area (Å²) in [6.45, 7) is 6.65. The van der Waals surface area contributed by atoms with Crippen molar-refractivity contribution >= 4 is 17.2 Å². The summed E-state index contributed by atoms with van der Waals surface area (Å²) in [6.07, 6.45) is 6.44. The maximum absolute atomic E-state index is 12.2. The second-order valence-electron chi connectivity index (χ2n) is 5.06. The molecule has 106 valence electrons. The van der Waals surface area contributed by atoms with Gasteiger partial charge in [-0.3, -0.25) is 4.79 Å². The number of hydrogen-bond donors (Lipinski definition) is 1. The molecule has 2 rings (SSSR count). The molecule has 1 aromatic heterocycles. The van der Waals surface area contributed by atoms with Gasteiger partial charge in [0.2, 0.25) is 5.91 Å². The van der Waals surface area contributed by atoms with Gasteiger partial charge in [0.15, 0.2) is 0 Å². The minimum absolute atomic E-state index is 0.106. The van der Waals surface area contributed by atoms with Crippen molar-refractivity contribution in [2.75, 3.05) is 13.1 Å². The van der Waals surface area contributed by atoms with Gasteiger partial charge in [0.05, 0.1) is 11.0 Å². The molecule has 19 heavy (non-hydrogen) atoms. The van der Waals surface area contributed by atoms with Crippen molar-refractivity contribution in [1.29, 1.82) is 0 Å². The van der Waals surface area contributed by atoms with E-state index in [4.69, 9.17) is 0 Å². The van der Waals surface area contributed by atoms with Gasteiger partial charge in [0, 0.05) is 30.7 Å². The van der Waals surface area contributed by atoms with Crippen molar-refractivity contribution in [3.05, 3.63) is 16.1 Å². The highest BCUT2D eigenvalue weighted by Crippen LogP contribution is 2.14. The molecule has 0 aliphatic carbocycles. The molecule has 0 spiro atoms. The number of piperidine rings is 1. The quantitative estimate of drug-likeness (QED) is 0.900. The summed E-state index contributed by atoms with van der Waals surface area (Å²) >= 11 is 1.72. The van der Waals surface area contributed by atoms with E-state index in [0.717, 1.165) is 43.9 Å². The van der Waals surface area contributed by atoms with Gasteiger partial charge >= 0.3 is 0 Å². The van der Waals surface area contributed by atoms with Gasteiger partial charge in [-0.05, 0) is 32.6 Å². The summed E-state index contributed by atoms with van der Waals surface area (Å²) in [5, 5.41) is 4.47. The Labute approximate surface area is 119 Å². The van der Waals surface area contributed by atoms with E-state index < -0.39 is 0 Å². The van der Waals surface area contributed by atoms with Crippen molar-refractivity contribution in [3.63, 3.8) is 0 Å². The Kier molecular flexibility index (Phi) is 5.34. The number of rotatable bonds is 5. The van der Waals surface area contributed by atoms with Crippen molar-refractivity contribution in [1.82, 2.24) is 15.2 Å². The first-order valence-electron chi connectivity index (χ1n) is 7.16. The molecule has 0 bridgehead atoms. The second-order valence-corrected chi connectivity index (χ2v) is 6.26. The molecule has 1 unspecified atom stereocenters. The first kappa shape index (κ1) is 14.5. The van der Waals surface area contributed by atoms with E-state index in [1.807, 2.05) is 18.0 Å². The highest BCUT2D eigenvalue weighted by molar-refractivity contribution is 7.11. The molecule has 0 saturated carbocycles. The lowest BCUT2D eigenvalue weighted by Crippen LogP contribution is -2.46. The summed E-state index contributed by atoms with van der Waals surface area (Å²) in [7, 11) is 0. The molecule has 1 aromatic rings. The maximum Gasteiger partial charge on any atom is 0.239 e. The van der Waals surface area contributed by atoms with Crippen molar-refractivity contribution in [2.45, 2.75) is 52.1 Å². The molecule has 2 heterocycles. The van der Waals surface area contributed by atoms with Gasteiger partial charge in [-0.25, -0.2) is 4.98 Å². The fourth-order valence-corrected chi connectivity index (χ4v) is 3.14. The lowest BCUT2D eigenvalue weighted by molar-refractivity contribution is -0.133. The zero-order valence-electron chi connectivity index (χ0n) is 11.8. The predicted molar refractivity (Wildman–Crippen MR) is 78.2 cm³/mol. The van der Waals surface area contributed by atoms with E-state index in [9.17, 15) is 4.79 Å². The van der Waals surface area contributed by atoms with Crippen molar-refractivity contribution in [3.8, 4) is 0 Å². The van der Waals surface area contributed by atoms with Crippen molar-refractivity contribution < 1.29 is 4.79 Å². The molecule has 1 N–H and O–H groups in total. The van der Waals surface area contributed by atoms with Crippen LogP contribution in [0.3, 0.4) is 0 Å². The Hall–Kier alpha value is -0.940. The summed E-state index contributed by atoms with van der Waals surface area (Å²) in [5.74, 6) is 0.236. The van der Waals surface area contributed by atoms with Crippen LogP contribution in [0.25, 0.3) is 0 Å². The first-order valence-corrected chi connectivity index (χ1v) is 7.98. The molecule has 1 amide bonds. The molecule has 1 aliphatic rings. The zero-order chi connectivity index (χ0) is 13.7. The monoisotopic (exact) mass is 281 g/mol. The normalized spacial score (nSPS) is 17.5. The van der Waals surface area contributed by atoms with E-state index in [1.165, 1.54) is 11.3 Å². The van der Waals surface area contributed by atoms with Crippen LogP contribution in [0.4, 0.5) is 0 Å². The first-order chi connectivity index (χ1) is 9.20. The number of carbonyl (C=O) groups is 1. The van der Waals surface area contributed by atoms with E-state index in [1.54, 1.807) is 11.3 Å². The molecule has 0 radical (unpaired) electrons. The van der Waals surface area contributed by atoms with Crippen LogP contribution in [0.15, 0.2) is 6.20 Å². The lowest BCUT2D eigenvalue weighted by atomic mass is 10.1. The molecule has 4 nitrogen and oxygen atoms in total. The minimum atomic E-state index is -0.106. The summed E-state index contributed by atoms with van der Waals surface area (Å²) < 4.78 is 0. The SMILES string of the molecule is CCc1ncc(CNC(C)C(=O)N2CCCCC2)s1. The van der Waals surface area contributed by atoms with E-state index in [0.29, 0.717) is 0 Å². The van der Waals surface area contributed by atoms with Gasteiger partial charge in [-0.2, -0.15) is 0 Å². The molecular weight excluding hydrogens is 258 g/mol. The van der Waals surface area contributed by atoms with Gasteiger partial charge in [-0.1, -0.05) is 6.92 Å². The van der Waals surface area contributed by atoms with Crippen LogP contribution in [0.2, 0.25) is 0 Å². The fraction of sp³-hybridized carbons (Fsp3) is 0.714. The highest BCUT2D eigenvalue weighted by atomic mass is 32.1.